The highest BCUT2D eigenvalue weighted by Crippen LogP contribution is 2.06. The van der Waals surface area contributed by atoms with Crippen molar-refractivity contribution in [3.05, 3.63) is 36.6 Å². The number of halogens is 1. The molecule has 11 heavy (non-hydrogen) atoms. The normalized spacial score (nSPS) is 15.4. The molecule has 0 radical (unpaired) electrons. The van der Waals surface area contributed by atoms with Gasteiger partial charge in [-0.25, -0.2) is 0 Å². The summed E-state index contributed by atoms with van der Waals surface area (Å²) in [6.07, 6.45) is 8.25. The van der Waals surface area contributed by atoms with Gasteiger partial charge in [-0.15, -0.1) is 17.0 Å². The predicted octanol–water partition coefficient (Wildman–Crippen LogP) is 2.53. The fraction of sp³-hybridized carbons (Fsp3) is 0.333. The summed E-state index contributed by atoms with van der Waals surface area (Å²) in [5.41, 5.74) is 1.23. The molecule has 2 heteroatoms. The fourth-order valence-electron chi connectivity index (χ4n) is 0.929. The van der Waals surface area contributed by atoms with Crippen LogP contribution in [-0.2, 0) is 0 Å². The van der Waals surface area contributed by atoms with Crippen molar-refractivity contribution in [1.82, 2.24) is 4.90 Å². The van der Waals surface area contributed by atoms with Crippen molar-refractivity contribution in [3.8, 4) is 0 Å². The van der Waals surface area contributed by atoms with Gasteiger partial charge in [0.05, 0.1) is 0 Å². The Morgan fingerprint density at radius 3 is 2.82 bits per heavy atom. The maximum Gasteiger partial charge on any atom is 0.0362 e. The average Bonchev–Trinajstić information content (AvgIpc) is 2.05. The molecule has 62 valence electrons. The minimum absolute atomic E-state index is 0. The quantitative estimate of drug-likeness (QED) is 0.685. The standard InChI is InChI=1S/C9H13N.BrH/c1-3-9-5-7-10(4-2)8-6-9;/h3,5-7H,1,4,8H2,2H3;1H. The number of nitrogens with zero attached hydrogens (tertiary/aromatic N) is 1. The maximum absolute atomic E-state index is 3.70. The van der Waals surface area contributed by atoms with Crippen molar-refractivity contribution in [2.45, 2.75) is 6.92 Å². The van der Waals surface area contributed by atoms with Crippen LogP contribution in [0.2, 0.25) is 0 Å². The second-order valence-corrected chi connectivity index (χ2v) is 2.31. The molecule has 0 saturated carbocycles. The maximum atomic E-state index is 3.70. The second kappa shape index (κ2) is 5.19. The van der Waals surface area contributed by atoms with Crippen LogP contribution in [0.1, 0.15) is 6.92 Å². The molecule has 0 aromatic rings. The van der Waals surface area contributed by atoms with Crippen LogP contribution in [0.5, 0.6) is 0 Å². The van der Waals surface area contributed by atoms with E-state index in [1.807, 2.05) is 6.08 Å². The molecule has 1 aliphatic heterocycles. The molecule has 0 bridgehead atoms. The molecule has 0 amide bonds. The third-order valence-corrected chi connectivity index (χ3v) is 1.68. The van der Waals surface area contributed by atoms with Gasteiger partial charge in [-0.3, -0.25) is 0 Å². The number of hydrogen-bond acceptors (Lipinski definition) is 1. The van der Waals surface area contributed by atoms with E-state index in [-0.39, 0.29) is 17.0 Å². The first-order chi connectivity index (χ1) is 4.86. The molecule has 1 rings (SSSR count). The Bertz CT molecular complexity index is 182. The summed E-state index contributed by atoms with van der Waals surface area (Å²) in [5, 5.41) is 0. The summed E-state index contributed by atoms with van der Waals surface area (Å²) in [6, 6.07) is 0. The van der Waals surface area contributed by atoms with Gasteiger partial charge in [-0.1, -0.05) is 18.7 Å². The van der Waals surface area contributed by atoms with Gasteiger partial charge in [0, 0.05) is 13.1 Å². The number of likely N-dealkylation sites (N-methyl/N-ethyl adjacent to an activating group) is 1. The summed E-state index contributed by atoms with van der Waals surface area (Å²) < 4.78 is 0. The van der Waals surface area contributed by atoms with E-state index >= 15 is 0 Å². The molecule has 0 unspecified atom stereocenters. The molecule has 0 aromatic heterocycles. The third-order valence-electron chi connectivity index (χ3n) is 1.68. The number of hydrogen-bond donors (Lipinski definition) is 0. The highest BCUT2D eigenvalue weighted by molar-refractivity contribution is 8.93. The lowest BCUT2D eigenvalue weighted by Crippen LogP contribution is -2.18. The lowest BCUT2D eigenvalue weighted by atomic mass is 10.2. The summed E-state index contributed by atoms with van der Waals surface area (Å²) in [4.78, 5) is 2.24. The first kappa shape index (κ1) is 10.5. The smallest absolute Gasteiger partial charge is 0.0362 e. The van der Waals surface area contributed by atoms with Crippen molar-refractivity contribution in [2.75, 3.05) is 13.1 Å². The first-order valence-corrected chi connectivity index (χ1v) is 3.61. The van der Waals surface area contributed by atoms with E-state index in [9.17, 15) is 0 Å². The Balaban J connectivity index is 0.000001000. The molecule has 1 heterocycles. The Kier molecular flexibility index (Phi) is 4.95. The first-order valence-electron chi connectivity index (χ1n) is 3.61. The molecule has 1 nitrogen and oxygen atoms in total. The lowest BCUT2D eigenvalue weighted by molar-refractivity contribution is 0.434. The van der Waals surface area contributed by atoms with Crippen LogP contribution in [0.15, 0.2) is 36.6 Å². The molecular weight excluding hydrogens is 202 g/mol. The van der Waals surface area contributed by atoms with E-state index in [0.717, 1.165) is 13.1 Å². The van der Waals surface area contributed by atoms with Gasteiger partial charge in [0.2, 0.25) is 0 Å². The summed E-state index contributed by atoms with van der Waals surface area (Å²) in [7, 11) is 0. The Hall–Kier alpha value is -0.500. The van der Waals surface area contributed by atoms with Gasteiger partial charge in [0.25, 0.3) is 0 Å². The van der Waals surface area contributed by atoms with E-state index < -0.39 is 0 Å². The van der Waals surface area contributed by atoms with Crippen LogP contribution in [0.4, 0.5) is 0 Å². The second-order valence-electron chi connectivity index (χ2n) is 2.31. The Morgan fingerprint density at radius 1 is 1.73 bits per heavy atom. The van der Waals surface area contributed by atoms with Crippen molar-refractivity contribution < 1.29 is 0 Å². The number of allylic oxidation sites excluding steroid dienone is 3. The van der Waals surface area contributed by atoms with Crippen molar-refractivity contribution >= 4 is 17.0 Å². The Labute approximate surface area is 78.9 Å². The van der Waals surface area contributed by atoms with Gasteiger partial charge < -0.3 is 4.90 Å². The molecular formula is C9H14BrN. The topological polar surface area (TPSA) is 3.24 Å². The van der Waals surface area contributed by atoms with Gasteiger partial charge in [0.1, 0.15) is 0 Å². The summed E-state index contributed by atoms with van der Waals surface area (Å²) in [5.74, 6) is 0. The van der Waals surface area contributed by atoms with Gasteiger partial charge in [-0.05, 0) is 24.8 Å². The van der Waals surface area contributed by atoms with E-state index in [4.69, 9.17) is 0 Å². The van der Waals surface area contributed by atoms with E-state index in [2.05, 4.69) is 36.8 Å². The molecule has 1 aliphatic rings. The zero-order valence-corrected chi connectivity index (χ0v) is 8.50. The lowest BCUT2D eigenvalue weighted by Gasteiger charge is -2.19. The van der Waals surface area contributed by atoms with Crippen molar-refractivity contribution in [2.24, 2.45) is 0 Å². The van der Waals surface area contributed by atoms with Crippen molar-refractivity contribution in [1.29, 1.82) is 0 Å². The predicted molar refractivity (Wildman–Crippen MR) is 55.0 cm³/mol. The third kappa shape index (κ3) is 2.93. The van der Waals surface area contributed by atoms with Crippen LogP contribution in [0.25, 0.3) is 0 Å². The fourth-order valence-corrected chi connectivity index (χ4v) is 0.929. The van der Waals surface area contributed by atoms with Crippen LogP contribution in [-0.4, -0.2) is 18.0 Å². The van der Waals surface area contributed by atoms with Crippen LogP contribution < -0.4 is 0 Å². The van der Waals surface area contributed by atoms with Gasteiger partial charge >= 0.3 is 0 Å². The summed E-state index contributed by atoms with van der Waals surface area (Å²) in [6.45, 7) is 7.95. The molecule has 0 aliphatic carbocycles. The average molecular weight is 216 g/mol. The molecule has 0 aromatic carbocycles. The minimum atomic E-state index is 0. The summed E-state index contributed by atoms with van der Waals surface area (Å²) >= 11 is 0. The molecule has 0 spiro atoms. The zero-order chi connectivity index (χ0) is 7.40. The van der Waals surface area contributed by atoms with E-state index in [1.54, 1.807) is 0 Å². The van der Waals surface area contributed by atoms with Crippen LogP contribution in [0, 0.1) is 0 Å². The molecule has 0 saturated heterocycles. The highest BCUT2D eigenvalue weighted by atomic mass is 79.9. The van der Waals surface area contributed by atoms with Crippen molar-refractivity contribution in [3.63, 3.8) is 0 Å². The van der Waals surface area contributed by atoms with E-state index in [1.165, 1.54) is 5.57 Å². The van der Waals surface area contributed by atoms with E-state index in [0.29, 0.717) is 0 Å². The monoisotopic (exact) mass is 215 g/mol. The number of rotatable bonds is 2. The SMILES string of the molecule is Br.C=CC1=CCN(CC)C=C1. The molecule has 0 fully saturated rings. The van der Waals surface area contributed by atoms with Gasteiger partial charge in [0.15, 0.2) is 0 Å². The van der Waals surface area contributed by atoms with Crippen LogP contribution in [0.3, 0.4) is 0 Å². The molecule has 0 N–H and O–H groups in total. The Morgan fingerprint density at radius 2 is 2.45 bits per heavy atom. The van der Waals surface area contributed by atoms with Crippen LogP contribution >= 0.6 is 17.0 Å². The van der Waals surface area contributed by atoms with Gasteiger partial charge in [-0.2, -0.15) is 0 Å². The largest absolute Gasteiger partial charge is 0.374 e. The molecule has 0 atom stereocenters. The highest BCUT2D eigenvalue weighted by Gasteiger charge is 1.97. The zero-order valence-electron chi connectivity index (χ0n) is 6.79. The minimum Gasteiger partial charge on any atom is -0.374 e.